The van der Waals surface area contributed by atoms with Crippen molar-refractivity contribution in [2.24, 2.45) is 0 Å². The van der Waals surface area contributed by atoms with Gasteiger partial charge in [0.05, 0.1) is 5.69 Å². The van der Waals surface area contributed by atoms with Crippen molar-refractivity contribution in [1.29, 1.82) is 5.26 Å². The molecule has 4 N–H and O–H groups in total. The fraction of sp³-hybridized carbons (Fsp3) is 0.294. The molecular formula is C17H20N6. The van der Waals surface area contributed by atoms with Crippen molar-refractivity contribution in [3.63, 3.8) is 0 Å². The van der Waals surface area contributed by atoms with Gasteiger partial charge < -0.3 is 16.4 Å². The molecule has 118 valence electrons. The van der Waals surface area contributed by atoms with E-state index >= 15 is 0 Å². The van der Waals surface area contributed by atoms with Crippen LogP contribution in [0.4, 0.5) is 17.3 Å². The van der Waals surface area contributed by atoms with Crippen LogP contribution in [0.3, 0.4) is 0 Å². The molecule has 2 aromatic rings. The smallest absolute Gasteiger partial charge is 0.151 e. The Bertz CT molecular complexity index is 714. The average molecular weight is 308 g/mol. The van der Waals surface area contributed by atoms with Crippen molar-refractivity contribution in [1.82, 2.24) is 9.88 Å². The number of nitrogen functional groups attached to an aromatic ring is 2. The third kappa shape index (κ3) is 3.35. The van der Waals surface area contributed by atoms with Gasteiger partial charge >= 0.3 is 0 Å². The molecule has 6 heteroatoms. The number of pyridine rings is 1. The summed E-state index contributed by atoms with van der Waals surface area (Å²) in [6.07, 6.45) is 0. The van der Waals surface area contributed by atoms with Crippen molar-refractivity contribution >= 4 is 17.3 Å². The zero-order valence-electron chi connectivity index (χ0n) is 12.9. The topological polar surface area (TPSA) is 95.2 Å². The molecule has 1 aliphatic rings. The predicted octanol–water partition coefficient (Wildman–Crippen LogP) is 1.44. The molecule has 0 saturated carbocycles. The molecule has 0 bridgehead atoms. The largest absolute Gasteiger partial charge is 0.397 e. The van der Waals surface area contributed by atoms with Crippen molar-refractivity contribution in [2.45, 2.75) is 6.54 Å². The minimum Gasteiger partial charge on any atom is -0.397 e. The molecule has 0 aliphatic carbocycles. The average Bonchev–Trinajstić information content (AvgIpc) is 2.56. The lowest BCUT2D eigenvalue weighted by atomic mass is 10.1. The summed E-state index contributed by atoms with van der Waals surface area (Å²) in [6, 6.07) is 14.1. The van der Waals surface area contributed by atoms with Crippen molar-refractivity contribution in [2.75, 3.05) is 42.5 Å². The van der Waals surface area contributed by atoms with E-state index in [0.29, 0.717) is 22.9 Å². The lowest BCUT2D eigenvalue weighted by Gasteiger charge is -2.36. The van der Waals surface area contributed by atoms with Crippen LogP contribution < -0.4 is 16.4 Å². The highest BCUT2D eigenvalue weighted by Gasteiger charge is 2.22. The molecule has 0 unspecified atom stereocenters. The molecule has 0 amide bonds. The van der Waals surface area contributed by atoms with Gasteiger partial charge in [-0.05, 0) is 5.56 Å². The van der Waals surface area contributed by atoms with Gasteiger partial charge in [-0.2, -0.15) is 5.26 Å². The first-order valence-electron chi connectivity index (χ1n) is 7.64. The molecule has 1 aromatic carbocycles. The van der Waals surface area contributed by atoms with E-state index in [2.05, 4.69) is 45.1 Å². The van der Waals surface area contributed by atoms with Gasteiger partial charge in [0.15, 0.2) is 5.82 Å². The maximum Gasteiger partial charge on any atom is 0.151 e. The summed E-state index contributed by atoms with van der Waals surface area (Å²) in [5.41, 5.74) is 13.8. The number of nitriles is 1. The Kier molecular flexibility index (Phi) is 4.31. The standard InChI is InChI=1S/C17H20N6/c18-11-14-15(19)10-16(20)21-17(14)23-8-6-22(7-9-23)12-13-4-2-1-3-5-13/h1-5,10H,6-9,12H2,(H4,19,20,21). The Morgan fingerprint density at radius 2 is 1.78 bits per heavy atom. The molecule has 2 heterocycles. The van der Waals surface area contributed by atoms with Crippen LogP contribution in [-0.2, 0) is 6.54 Å². The lowest BCUT2D eigenvalue weighted by Crippen LogP contribution is -2.46. The molecule has 3 rings (SSSR count). The molecule has 1 fully saturated rings. The second-order valence-corrected chi connectivity index (χ2v) is 5.70. The highest BCUT2D eigenvalue weighted by molar-refractivity contribution is 5.70. The number of aromatic nitrogens is 1. The van der Waals surface area contributed by atoms with Crippen molar-refractivity contribution in [3.8, 4) is 6.07 Å². The number of nitrogens with two attached hydrogens (primary N) is 2. The fourth-order valence-electron chi connectivity index (χ4n) is 2.87. The summed E-state index contributed by atoms with van der Waals surface area (Å²) in [5.74, 6) is 0.951. The molecule has 6 nitrogen and oxygen atoms in total. The summed E-state index contributed by atoms with van der Waals surface area (Å²) in [6.45, 7) is 4.37. The molecule has 1 aliphatic heterocycles. The van der Waals surface area contributed by atoms with Crippen LogP contribution in [-0.4, -0.2) is 36.1 Å². The SMILES string of the molecule is N#Cc1c(N)cc(N)nc1N1CCN(Cc2ccccc2)CC1. The van der Waals surface area contributed by atoms with E-state index in [1.54, 1.807) is 0 Å². The predicted molar refractivity (Wildman–Crippen MR) is 91.7 cm³/mol. The summed E-state index contributed by atoms with van der Waals surface area (Å²) >= 11 is 0. The van der Waals surface area contributed by atoms with Crippen molar-refractivity contribution < 1.29 is 0 Å². The quantitative estimate of drug-likeness (QED) is 0.891. The third-order valence-electron chi connectivity index (χ3n) is 4.08. The summed E-state index contributed by atoms with van der Waals surface area (Å²) in [5, 5.41) is 9.32. The van der Waals surface area contributed by atoms with Gasteiger partial charge in [0.2, 0.25) is 0 Å². The first-order valence-corrected chi connectivity index (χ1v) is 7.64. The number of nitrogens with zero attached hydrogens (tertiary/aromatic N) is 4. The van der Waals surface area contributed by atoms with Crippen LogP contribution in [0, 0.1) is 11.3 Å². The number of piperazine rings is 1. The first-order chi connectivity index (χ1) is 11.2. The van der Waals surface area contributed by atoms with E-state index < -0.39 is 0 Å². The first kappa shape index (κ1) is 15.1. The molecule has 1 saturated heterocycles. The molecule has 0 spiro atoms. The normalized spacial score (nSPS) is 15.3. The van der Waals surface area contributed by atoms with Gasteiger partial charge in [-0.25, -0.2) is 4.98 Å². The van der Waals surface area contributed by atoms with E-state index in [4.69, 9.17) is 11.5 Å². The van der Waals surface area contributed by atoms with E-state index in [9.17, 15) is 5.26 Å². The minimum atomic E-state index is 0.350. The van der Waals surface area contributed by atoms with Crippen LogP contribution >= 0.6 is 0 Å². The number of rotatable bonds is 3. The van der Waals surface area contributed by atoms with Gasteiger partial charge in [0.1, 0.15) is 17.5 Å². The van der Waals surface area contributed by atoms with E-state index in [1.807, 2.05) is 6.07 Å². The summed E-state index contributed by atoms with van der Waals surface area (Å²) in [4.78, 5) is 8.81. The Labute approximate surface area is 135 Å². The van der Waals surface area contributed by atoms with Crippen LogP contribution in [0.1, 0.15) is 11.1 Å². The monoisotopic (exact) mass is 308 g/mol. The Morgan fingerprint density at radius 3 is 2.43 bits per heavy atom. The highest BCUT2D eigenvalue weighted by atomic mass is 15.3. The lowest BCUT2D eigenvalue weighted by molar-refractivity contribution is 0.249. The van der Waals surface area contributed by atoms with Gasteiger partial charge in [-0.3, -0.25) is 4.90 Å². The third-order valence-corrected chi connectivity index (χ3v) is 4.08. The second kappa shape index (κ2) is 6.55. The molecule has 0 radical (unpaired) electrons. The van der Waals surface area contributed by atoms with E-state index in [1.165, 1.54) is 11.6 Å². The van der Waals surface area contributed by atoms with E-state index in [-0.39, 0.29) is 0 Å². The van der Waals surface area contributed by atoms with Crippen molar-refractivity contribution in [3.05, 3.63) is 47.5 Å². The molecular weight excluding hydrogens is 288 g/mol. The molecule has 23 heavy (non-hydrogen) atoms. The Hall–Kier alpha value is -2.78. The van der Waals surface area contributed by atoms with E-state index in [0.717, 1.165) is 32.7 Å². The maximum atomic E-state index is 9.32. The Balaban J connectivity index is 1.69. The van der Waals surface area contributed by atoms with Gasteiger partial charge in [0, 0.05) is 38.8 Å². The Morgan fingerprint density at radius 1 is 1.09 bits per heavy atom. The fourth-order valence-corrected chi connectivity index (χ4v) is 2.87. The molecule has 1 aromatic heterocycles. The second-order valence-electron chi connectivity index (χ2n) is 5.70. The highest BCUT2D eigenvalue weighted by Crippen LogP contribution is 2.26. The summed E-state index contributed by atoms with van der Waals surface area (Å²) in [7, 11) is 0. The van der Waals surface area contributed by atoms with Crippen LogP contribution in [0.2, 0.25) is 0 Å². The zero-order valence-corrected chi connectivity index (χ0v) is 12.9. The van der Waals surface area contributed by atoms with Gasteiger partial charge in [0.25, 0.3) is 0 Å². The molecule has 0 atom stereocenters. The number of anilines is 3. The maximum absolute atomic E-state index is 9.32. The van der Waals surface area contributed by atoms with Gasteiger partial charge in [-0.1, -0.05) is 30.3 Å². The van der Waals surface area contributed by atoms with Crippen LogP contribution in [0.5, 0.6) is 0 Å². The van der Waals surface area contributed by atoms with Gasteiger partial charge in [-0.15, -0.1) is 0 Å². The number of hydrogen-bond acceptors (Lipinski definition) is 6. The minimum absolute atomic E-state index is 0.350. The zero-order chi connectivity index (χ0) is 16.2. The summed E-state index contributed by atoms with van der Waals surface area (Å²) < 4.78 is 0. The van der Waals surface area contributed by atoms with Crippen LogP contribution in [0.25, 0.3) is 0 Å². The van der Waals surface area contributed by atoms with Crippen LogP contribution in [0.15, 0.2) is 36.4 Å². The number of benzene rings is 1. The number of hydrogen-bond donors (Lipinski definition) is 2.